The first kappa shape index (κ1) is 14.5. The van der Waals surface area contributed by atoms with Crippen molar-refractivity contribution in [2.24, 2.45) is 0 Å². The van der Waals surface area contributed by atoms with Crippen molar-refractivity contribution in [2.75, 3.05) is 5.32 Å². The molecule has 0 saturated heterocycles. The first-order valence-corrected chi connectivity index (χ1v) is 7.79. The number of para-hydroxylation sites is 3. The van der Waals surface area contributed by atoms with E-state index in [4.69, 9.17) is 9.47 Å². The van der Waals surface area contributed by atoms with E-state index in [1.807, 2.05) is 55.5 Å². The van der Waals surface area contributed by atoms with E-state index < -0.39 is 6.10 Å². The molecule has 0 aliphatic carbocycles. The third kappa shape index (κ3) is 2.65. The molecule has 1 aliphatic heterocycles. The third-order valence-electron chi connectivity index (χ3n) is 3.96. The summed E-state index contributed by atoms with van der Waals surface area (Å²) in [6.45, 7) is 1.82. The Kier molecular flexibility index (Phi) is 3.54. The van der Waals surface area contributed by atoms with Crippen molar-refractivity contribution >= 4 is 22.5 Å². The molecular formula is C19H16N2O3. The Labute approximate surface area is 139 Å². The largest absolute Gasteiger partial charge is 0.482 e. The molecule has 2 atom stereocenters. The zero-order valence-corrected chi connectivity index (χ0v) is 13.1. The molecule has 0 saturated carbocycles. The second kappa shape index (κ2) is 5.85. The fraction of sp³-hybridized carbons (Fsp3) is 0.158. The van der Waals surface area contributed by atoms with E-state index in [0.29, 0.717) is 17.2 Å². The maximum atomic E-state index is 12.6. The number of rotatable bonds is 2. The summed E-state index contributed by atoms with van der Waals surface area (Å²) >= 11 is 0. The lowest BCUT2D eigenvalue weighted by Crippen LogP contribution is -2.46. The standard InChI is InChI=1S/C19H16N2O3/c1-12-18(24-17-9-5-4-8-16(17)23-12)19(22)21-14-10-13-6-2-3-7-15(13)20-11-14/h2-12,18H,1H3,(H,21,22)/t12-,18+/m0/s1. The van der Waals surface area contributed by atoms with Crippen molar-refractivity contribution in [2.45, 2.75) is 19.1 Å². The smallest absolute Gasteiger partial charge is 0.269 e. The Hall–Kier alpha value is -3.08. The highest BCUT2D eigenvalue weighted by molar-refractivity contribution is 5.96. The summed E-state index contributed by atoms with van der Waals surface area (Å²) in [7, 11) is 0. The maximum Gasteiger partial charge on any atom is 0.269 e. The van der Waals surface area contributed by atoms with Crippen LogP contribution in [0, 0.1) is 0 Å². The number of ether oxygens (including phenoxy) is 2. The lowest BCUT2D eigenvalue weighted by molar-refractivity contribution is -0.128. The van der Waals surface area contributed by atoms with E-state index in [2.05, 4.69) is 10.3 Å². The van der Waals surface area contributed by atoms with Gasteiger partial charge in [0.05, 0.1) is 17.4 Å². The van der Waals surface area contributed by atoms with Crippen LogP contribution in [0.4, 0.5) is 5.69 Å². The molecule has 0 bridgehead atoms. The molecule has 24 heavy (non-hydrogen) atoms. The van der Waals surface area contributed by atoms with Gasteiger partial charge >= 0.3 is 0 Å². The number of nitrogens with zero attached hydrogens (tertiary/aromatic N) is 1. The van der Waals surface area contributed by atoms with E-state index in [1.54, 1.807) is 12.3 Å². The number of hydrogen-bond acceptors (Lipinski definition) is 4. The molecule has 1 aromatic heterocycles. The molecule has 4 rings (SSSR count). The zero-order chi connectivity index (χ0) is 16.5. The number of fused-ring (bicyclic) bond motifs is 2. The van der Waals surface area contributed by atoms with Crippen LogP contribution in [0.1, 0.15) is 6.92 Å². The van der Waals surface area contributed by atoms with Crippen LogP contribution in [0.5, 0.6) is 11.5 Å². The molecule has 1 amide bonds. The van der Waals surface area contributed by atoms with Gasteiger partial charge in [-0.15, -0.1) is 0 Å². The van der Waals surface area contributed by atoms with Crippen molar-refractivity contribution < 1.29 is 14.3 Å². The summed E-state index contributed by atoms with van der Waals surface area (Å²) in [5.74, 6) is 0.975. The molecule has 1 aliphatic rings. The highest BCUT2D eigenvalue weighted by Crippen LogP contribution is 2.33. The van der Waals surface area contributed by atoms with Crippen molar-refractivity contribution in [3.8, 4) is 11.5 Å². The van der Waals surface area contributed by atoms with Crippen LogP contribution in [0.2, 0.25) is 0 Å². The van der Waals surface area contributed by atoms with Gasteiger partial charge in [0.1, 0.15) is 6.10 Å². The minimum Gasteiger partial charge on any atom is -0.482 e. The van der Waals surface area contributed by atoms with Gasteiger partial charge in [0.25, 0.3) is 5.91 Å². The predicted octanol–water partition coefficient (Wildman–Crippen LogP) is 3.40. The Morgan fingerprint density at radius 2 is 1.75 bits per heavy atom. The predicted molar refractivity (Wildman–Crippen MR) is 91.3 cm³/mol. The first-order valence-electron chi connectivity index (χ1n) is 7.79. The Morgan fingerprint density at radius 1 is 1.04 bits per heavy atom. The second-order valence-electron chi connectivity index (χ2n) is 5.71. The summed E-state index contributed by atoms with van der Waals surface area (Å²) in [5, 5.41) is 3.83. The fourth-order valence-electron chi connectivity index (χ4n) is 2.76. The molecule has 120 valence electrons. The number of carbonyl (C=O) groups excluding carboxylic acids is 1. The van der Waals surface area contributed by atoms with Crippen molar-refractivity contribution in [3.63, 3.8) is 0 Å². The van der Waals surface area contributed by atoms with Crippen molar-refractivity contribution in [1.29, 1.82) is 0 Å². The SMILES string of the molecule is C[C@@H]1Oc2ccccc2O[C@H]1C(=O)Nc1cnc2ccccc2c1. The third-order valence-corrected chi connectivity index (χ3v) is 3.96. The fourth-order valence-corrected chi connectivity index (χ4v) is 2.76. The molecule has 0 radical (unpaired) electrons. The Morgan fingerprint density at radius 3 is 2.58 bits per heavy atom. The number of carbonyl (C=O) groups is 1. The lowest BCUT2D eigenvalue weighted by Gasteiger charge is -2.30. The monoisotopic (exact) mass is 320 g/mol. The molecular weight excluding hydrogens is 304 g/mol. The summed E-state index contributed by atoms with van der Waals surface area (Å²) in [6.07, 6.45) is 0.544. The normalized spacial score (nSPS) is 19.0. The molecule has 0 fully saturated rings. The van der Waals surface area contributed by atoms with Crippen LogP contribution < -0.4 is 14.8 Å². The van der Waals surface area contributed by atoms with Gasteiger partial charge in [-0.05, 0) is 31.2 Å². The summed E-state index contributed by atoms with van der Waals surface area (Å²) in [5.41, 5.74) is 1.52. The van der Waals surface area contributed by atoms with E-state index in [0.717, 1.165) is 10.9 Å². The number of nitrogens with one attached hydrogen (secondary N) is 1. The van der Waals surface area contributed by atoms with Gasteiger partial charge in [-0.3, -0.25) is 9.78 Å². The molecule has 0 unspecified atom stereocenters. The second-order valence-corrected chi connectivity index (χ2v) is 5.71. The average molecular weight is 320 g/mol. The molecule has 2 aromatic carbocycles. The highest BCUT2D eigenvalue weighted by Gasteiger charge is 2.34. The van der Waals surface area contributed by atoms with Gasteiger partial charge in [0.15, 0.2) is 11.5 Å². The first-order chi connectivity index (χ1) is 11.7. The quantitative estimate of drug-likeness (QED) is 0.786. The lowest BCUT2D eigenvalue weighted by atomic mass is 10.1. The number of aromatic nitrogens is 1. The van der Waals surface area contributed by atoms with Gasteiger partial charge in [-0.2, -0.15) is 0 Å². The van der Waals surface area contributed by atoms with E-state index in [-0.39, 0.29) is 12.0 Å². The van der Waals surface area contributed by atoms with Gasteiger partial charge in [-0.25, -0.2) is 0 Å². The van der Waals surface area contributed by atoms with Gasteiger partial charge in [-0.1, -0.05) is 30.3 Å². The van der Waals surface area contributed by atoms with Crippen LogP contribution in [0.25, 0.3) is 10.9 Å². The minimum atomic E-state index is -0.716. The summed E-state index contributed by atoms with van der Waals surface area (Å²) in [6, 6.07) is 17.0. The number of hydrogen-bond donors (Lipinski definition) is 1. The highest BCUT2D eigenvalue weighted by atomic mass is 16.6. The van der Waals surface area contributed by atoms with E-state index >= 15 is 0 Å². The van der Waals surface area contributed by atoms with Crippen LogP contribution in [0.15, 0.2) is 60.8 Å². The van der Waals surface area contributed by atoms with Crippen LogP contribution in [0.3, 0.4) is 0 Å². The average Bonchev–Trinajstić information content (AvgIpc) is 2.61. The molecule has 2 heterocycles. The molecule has 5 nitrogen and oxygen atoms in total. The van der Waals surface area contributed by atoms with E-state index in [1.165, 1.54) is 0 Å². The molecule has 0 spiro atoms. The van der Waals surface area contributed by atoms with Gasteiger partial charge in [0.2, 0.25) is 6.10 Å². The maximum absolute atomic E-state index is 12.6. The Bertz CT molecular complexity index is 910. The number of anilines is 1. The summed E-state index contributed by atoms with van der Waals surface area (Å²) in [4.78, 5) is 16.9. The number of amides is 1. The number of benzene rings is 2. The zero-order valence-electron chi connectivity index (χ0n) is 13.1. The molecule has 1 N–H and O–H groups in total. The van der Waals surface area contributed by atoms with Crippen molar-refractivity contribution in [1.82, 2.24) is 4.98 Å². The van der Waals surface area contributed by atoms with Gasteiger partial charge < -0.3 is 14.8 Å². The summed E-state index contributed by atoms with van der Waals surface area (Å²) < 4.78 is 11.6. The topological polar surface area (TPSA) is 60.5 Å². The molecule has 3 aromatic rings. The van der Waals surface area contributed by atoms with Crippen LogP contribution in [-0.2, 0) is 4.79 Å². The van der Waals surface area contributed by atoms with E-state index in [9.17, 15) is 4.79 Å². The van der Waals surface area contributed by atoms with Crippen molar-refractivity contribution in [3.05, 3.63) is 60.8 Å². The van der Waals surface area contributed by atoms with Crippen LogP contribution >= 0.6 is 0 Å². The van der Waals surface area contributed by atoms with Crippen LogP contribution in [-0.4, -0.2) is 23.1 Å². The molecule has 5 heteroatoms. The Balaban J connectivity index is 1.55. The number of pyridine rings is 1. The minimum absolute atomic E-state index is 0.255. The van der Waals surface area contributed by atoms with Gasteiger partial charge in [0, 0.05) is 5.39 Å².